The predicted octanol–water partition coefficient (Wildman–Crippen LogP) is 1.67. The van der Waals surface area contributed by atoms with Gasteiger partial charge < -0.3 is 4.74 Å². The Balaban J connectivity index is 3.56. The molecule has 0 spiro atoms. The molecule has 0 aliphatic heterocycles. The molecule has 0 fully saturated rings. The van der Waals surface area contributed by atoms with E-state index in [0.717, 1.165) is 5.56 Å². The summed E-state index contributed by atoms with van der Waals surface area (Å²) < 4.78 is 5.00. The lowest BCUT2D eigenvalue weighted by Crippen LogP contribution is -2.06. The number of hydrogen-bond donors (Lipinski definition) is 0. The lowest BCUT2D eigenvalue weighted by Gasteiger charge is -1.97. The van der Waals surface area contributed by atoms with E-state index in [2.05, 4.69) is 0 Å². The predicted molar refractivity (Wildman–Crippen MR) is 48.7 cm³/mol. The van der Waals surface area contributed by atoms with Crippen molar-refractivity contribution >= 4 is 0 Å². The van der Waals surface area contributed by atoms with Gasteiger partial charge in [0.2, 0.25) is 5.43 Å². The Hall–Kier alpha value is -1.31. The van der Waals surface area contributed by atoms with E-state index >= 15 is 0 Å². The summed E-state index contributed by atoms with van der Waals surface area (Å²) in [7, 11) is 1.52. The van der Waals surface area contributed by atoms with E-state index in [1.165, 1.54) is 7.11 Å². The first-order chi connectivity index (χ1) is 5.66. The minimum atomic E-state index is -0.0278. The van der Waals surface area contributed by atoms with Gasteiger partial charge in [0.05, 0.1) is 7.11 Å². The van der Waals surface area contributed by atoms with Crippen molar-refractivity contribution < 1.29 is 4.74 Å². The van der Waals surface area contributed by atoms with Crippen LogP contribution in [0.2, 0.25) is 0 Å². The Bertz CT molecular complexity index is 342. The molecule has 0 N–H and O–H groups in total. The van der Waals surface area contributed by atoms with Crippen LogP contribution >= 0.6 is 0 Å². The van der Waals surface area contributed by atoms with E-state index in [4.69, 9.17) is 4.74 Å². The quantitative estimate of drug-likeness (QED) is 0.631. The molecule has 0 heterocycles. The molecule has 0 atom stereocenters. The number of aryl methyl sites for hydroxylation is 2. The van der Waals surface area contributed by atoms with Gasteiger partial charge in [0.1, 0.15) is 0 Å². The fourth-order valence-electron chi connectivity index (χ4n) is 1.10. The van der Waals surface area contributed by atoms with Crippen LogP contribution in [0.1, 0.15) is 11.1 Å². The summed E-state index contributed by atoms with van der Waals surface area (Å²) >= 11 is 0. The number of hydrogen-bond acceptors (Lipinski definition) is 2. The summed E-state index contributed by atoms with van der Waals surface area (Å²) in [6.45, 7) is 3.64. The Morgan fingerprint density at radius 2 is 1.75 bits per heavy atom. The fraction of sp³-hybridized carbons (Fsp3) is 0.300. The van der Waals surface area contributed by atoms with Crippen molar-refractivity contribution in [3.63, 3.8) is 0 Å². The van der Waals surface area contributed by atoms with Gasteiger partial charge in [-0.05, 0) is 19.4 Å². The zero-order chi connectivity index (χ0) is 9.14. The zero-order valence-electron chi connectivity index (χ0n) is 7.55. The maximum absolute atomic E-state index is 11.5. The molecule has 2 heteroatoms. The monoisotopic (exact) mass is 164 g/mol. The highest BCUT2D eigenvalue weighted by Crippen LogP contribution is 2.09. The average Bonchev–Trinajstić information content (AvgIpc) is 2.14. The summed E-state index contributed by atoms with van der Waals surface area (Å²) in [4.78, 5) is 11.5. The van der Waals surface area contributed by atoms with Crippen LogP contribution in [0.3, 0.4) is 0 Å². The second-order valence-electron chi connectivity index (χ2n) is 2.75. The summed E-state index contributed by atoms with van der Waals surface area (Å²) in [6, 6.07) is 5.51. The molecular formula is C10H12O2. The van der Waals surface area contributed by atoms with Crippen LogP contribution in [-0.4, -0.2) is 7.11 Å². The van der Waals surface area contributed by atoms with Gasteiger partial charge in [-0.15, -0.1) is 0 Å². The second-order valence-corrected chi connectivity index (χ2v) is 2.75. The van der Waals surface area contributed by atoms with E-state index < -0.39 is 0 Å². The van der Waals surface area contributed by atoms with Gasteiger partial charge in [-0.3, -0.25) is 4.79 Å². The van der Waals surface area contributed by atoms with Crippen LogP contribution in [0.4, 0.5) is 0 Å². The molecule has 0 aliphatic carbocycles. The molecule has 1 aromatic rings. The number of ether oxygens (including phenoxy) is 1. The van der Waals surface area contributed by atoms with Crippen LogP contribution in [-0.2, 0) is 0 Å². The van der Waals surface area contributed by atoms with Crippen molar-refractivity contribution in [2.45, 2.75) is 13.8 Å². The zero-order valence-corrected chi connectivity index (χ0v) is 7.55. The highest BCUT2D eigenvalue weighted by atomic mass is 16.5. The SMILES string of the molecule is COc1c(C)cccc(C)c1=O. The Labute approximate surface area is 71.8 Å². The van der Waals surface area contributed by atoms with Crippen molar-refractivity contribution in [3.8, 4) is 5.75 Å². The van der Waals surface area contributed by atoms with Crippen molar-refractivity contribution in [2.75, 3.05) is 7.11 Å². The summed E-state index contributed by atoms with van der Waals surface area (Å²) in [5, 5.41) is 0. The van der Waals surface area contributed by atoms with Crippen molar-refractivity contribution in [3.05, 3.63) is 39.5 Å². The first-order valence-corrected chi connectivity index (χ1v) is 3.81. The van der Waals surface area contributed by atoms with E-state index in [-0.39, 0.29) is 5.43 Å². The maximum Gasteiger partial charge on any atom is 0.223 e. The van der Waals surface area contributed by atoms with Crippen LogP contribution < -0.4 is 10.2 Å². The van der Waals surface area contributed by atoms with Gasteiger partial charge in [-0.1, -0.05) is 18.2 Å². The fourth-order valence-corrected chi connectivity index (χ4v) is 1.10. The number of methoxy groups -OCH3 is 1. The molecule has 0 unspecified atom stereocenters. The molecular weight excluding hydrogens is 152 g/mol. The molecule has 0 aliphatic rings. The van der Waals surface area contributed by atoms with E-state index in [9.17, 15) is 4.79 Å². The summed E-state index contributed by atoms with van der Waals surface area (Å²) in [6.07, 6.45) is 0. The third-order valence-corrected chi connectivity index (χ3v) is 1.82. The third-order valence-electron chi connectivity index (χ3n) is 1.82. The molecule has 64 valence electrons. The van der Waals surface area contributed by atoms with Gasteiger partial charge in [-0.25, -0.2) is 0 Å². The van der Waals surface area contributed by atoms with Crippen molar-refractivity contribution in [2.24, 2.45) is 0 Å². The Morgan fingerprint density at radius 1 is 1.17 bits per heavy atom. The highest BCUT2D eigenvalue weighted by molar-refractivity contribution is 5.34. The Morgan fingerprint density at radius 3 is 2.33 bits per heavy atom. The first kappa shape index (κ1) is 8.78. The molecule has 12 heavy (non-hydrogen) atoms. The summed E-state index contributed by atoms with van der Waals surface area (Å²) in [5.41, 5.74) is 1.55. The molecule has 0 saturated heterocycles. The topological polar surface area (TPSA) is 26.3 Å². The average molecular weight is 164 g/mol. The van der Waals surface area contributed by atoms with E-state index in [1.54, 1.807) is 13.0 Å². The summed E-state index contributed by atoms with van der Waals surface area (Å²) in [5.74, 6) is 0.442. The van der Waals surface area contributed by atoms with Crippen LogP contribution in [0.15, 0.2) is 23.0 Å². The minimum absolute atomic E-state index is 0.0278. The van der Waals surface area contributed by atoms with Crippen LogP contribution in [0.5, 0.6) is 5.75 Å². The van der Waals surface area contributed by atoms with Crippen molar-refractivity contribution in [1.82, 2.24) is 0 Å². The molecule has 0 amide bonds. The van der Waals surface area contributed by atoms with Gasteiger partial charge in [0.25, 0.3) is 0 Å². The molecule has 2 nitrogen and oxygen atoms in total. The normalized spacial score (nSPS) is 9.58. The molecule has 0 aromatic heterocycles. The van der Waals surface area contributed by atoms with Crippen LogP contribution in [0, 0.1) is 13.8 Å². The van der Waals surface area contributed by atoms with Crippen molar-refractivity contribution in [1.29, 1.82) is 0 Å². The third kappa shape index (κ3) is 1.47. The van der Waals surface area contributed by atoms with Gasteiger partial charge in [-0.2, -0.15) is 0 Å². The smallest absolute Gasteiger partial charge is 0.223 e. The maximum atomic E-state index is 11.5. The standard InChI is InChI=1S/C10H12O2/c1-7-5-4-6-8(2)10(12-3)9(7)11/h4-6H,1-3H3. The Kier molecular flexibility index (Phi) is 2.48. The molecule has 0 bridgehead atoms. The van der Waals surface area contributed by atoms with E-state index in [1.807, 2.05) is 19.1 Å². The molecule has 1 aromatic carbocycles. The highest BCUT2D eigenvalue weighted by Gasteiger charge is 2.02. The van der Waals surface area contributed by atoms with Gasteiger partial charge >= 0.3 is 0 Å². The van der Waals surface area contributed by atoms with Gasteiger partial charge in [0.15, 0.2) is 5.75 Å². The molecule has 0 radical (unpaired) electrons. The largest absolute Gasteiger partial charge is 0.492 e. The van der Waals surface area contributed by atoms with Gasteiger partial charge in [0, 0.05) is 5.56 Å². The minimum Gasteiger partial charge on any atom is -0.492 e. The lowest BCUT2D eigenvalue weighted by molar-refractivity contribution is 0.408. The molecule has 0 saturated carbocycles. The van der Waals surface area contributed by atoms with E-state index in [0.29, 0.717) is 11.3 Å². The second kappa shape index (κ2) is 3.39. The first-order valence-electron chi connectivity index (χ1n) is 3.81. The number of rotatable bonds is 1. The molecule has 1 rings (SSSR count). The van der Waals surface area contributed by atoms with Crippen LogP contribution in [0.25, 0.3) is 0 Å². The lowest BCUT2D eigenvalue weighted by atomic mass is 10.2.